The molecule has 3 rings (SSSR count). The van der Waals surface area contributed by atoms with Gasteiger partial charge in [-0.15, -0.1) is 0 Å². The van der Waals surface area contributed by atoms with Crippen molar-refractivity contribution in [1.82, 2.24) is 9.62 Å². The molecule has 1 aliphatic heterocycles. The van der Waals surface area contributed by atoms with Crippen molar-refractivity contribution in [3.05, 3.63) is 35.1 Å². The Balaban J connectivity index is 1.63. The first-order valence-electron chi connectivity index (χ1n) is 8.90. The van der Waals surface area contributed by atoms with Crippen LogP contribution in [0.2, 0.25) is 0 Å². The summed E-state index contributed by atoms with van der Waals surface area (Å²) in [5.74, 6) is -0.522. The fourth-order valence-electron chi connectivity index (χ4n) is 3.80. The average molecular weight is 365 g/mol. The normalized spacial score (nSPS) is 22.8. The molecular formula is C18H24FN3O2S. The van der Waals surface area contributed by atoms with Gasteiger partial charge in [0.2, 0.25) is 10.0 Å². The molecule has 1 heterocycles. The van der Waals surface area contributed by atoms with Crippen molar-refractivity contribution in [2.24, 2.45) is 0 Å². The fraction of sp³-hybridized carbons (Fsp3) is 0.611. The standard InChI is InChI=1S/C18H24FN3O2S/c19-18-8-7-14(10-15(18)11-20)12-22-9-3-6-17(13-22)25(23,24)21-16-4-1-2-5-16/h7-8,10,16-17,21H,1-6,9,12-13H2. The van der Waals surface area contributed by atoms with E-state index in [9.17, 15) is 12.8 Å². The van der Waals surface area contributed by atoms with E-state index in [1.807, 2.05) is 6.07 Å². The molecular weight excluding hydrogens is 341 g/mol. The molecule has 0 aromatic heterocycles. The Morgan fingerprint density at radius 1 is 1.24 bits per heavy atom. The van der Waals surface area contributed by atoms with Crippen molar-refractivity contribution >= 4 is 10.0 Å². The van der Waals surface area contributed by atoms with E-state index < -0.39 is 21.1 Å². The number of benzene rings is 1. The SMILES string of the molecule is N#Cc1cc(CN2CCCC(S(=O)(=O)NC3CCCC3)C2)ccc1F. The third-order valence-electron chi connectivity index (χ3n) is 5.14. The highest BCUT2D eigenvalue weighted by molar-refractivity contribution is 7.90. The minimum Gasteiger partial charge on any atom is -0.298 e. The molecule has 1 N–H and O–H groups in total. The monoisotopic (exact) mass is 365 g/mol. The van der Waals surface area contributed by atoms with Crippen molar-refractivity contribution in [2.75, 3.05) is 13.1 Å². The molecule has 1 saturated heterocycles. The number of hydrogen-bond acceptors (Lipinski definition) is 4. The number of sulfonamides is 1. The van der Waals surface area contributed by atoms with Crippen LogP contribution in [0.3, 0.4) is 0 Å². The second kappa shape index (κ2) is 7.81. The summed E-state index contributed by atoms with van der Waals surface area (Å²) >= 11 is 0. The van der Waals surface area contributed by atoms with Crippen molar-refractivity contribution < 1.29 is 12.8 Å². The maximum atomic E-state index is 13.4. The molecule has 25 heavy (non-hydrogen) atoms. The Morgan fingerprint density at radius 2 is 2.00 bits per heavy atom. The quantitative estimate of drug-likeness (QED) is 0.870. The van der Waals surface area contributed by atoms with Crippen LogP contribution in [0.4, 0.5) is 4.39 Å². The third kappa shape index (κ3) is 4.57. The van der Waals surface area contributed by atoms with Crippen LogP contribution in [0.15, 0.2) is 18.2 Å². The minimum atomic E-state index is -3.32. The molecule has 2 fully saturated rings. The fourth-order valence-corrected chi connectivity index (χ4v) is 5.57. The van der Waals surface area contributed by atoms with Gasteiger partial charge in [0.25, 0.3) is 0 Å². The van der Waals surface area contributed by atoms with Crippen LogP contribution >= 0.6 is 0 Å². The van der Waals surface area contributed by atoms with Crippen LogP contribution < -0.4 is 4.72 Å². The molecule has 1 saturated carbocycles. The van der Waals surface area contributed by atoms with Crippen molar-refractivity contribution in [3.8, 4) is 6.07 Å². The Kier molecular flexibility index (Phi) is 5.72. The molecule has 0 radical (unpaired) electrons. The van der Waals surface area contributed by atoms with E-state index in [-0.39, 0.29) is 11.6 Å². The van der Waals surface area contributed by atoms with E-state index in [1.165, 1.54) is 6.07 Å². The molecule has 2 aliphatic rings. The van der Waals surface area contributed by atoms with Gasteiger partial charge in [0, 0.05) is 19.1 Å². The maximum Gasteiger partial charge on any atom is 0.215 e. The van der Waals surface area contributed by atoms with Crippen LogP contribution in [0, 0.1) is 17.1 Å². The highest BCUT2D eigenvalue weighted by Crippen LogP contribution is 2.23. The van der Waals surface area contributed by atoms with E-state index in [1.54, 1.807) is 12.1 Å². The second-order valence-corrected chi connectivity index (χ2v) is 9.06. The van der Waals surface area contributed by atoms with Gasteiger partial charge in [-0.3, -0.25) is 4.90 Å². The van der Waals surface area contributed by atoms with Crippen molar-refractivity contribution in [2.45, 2.75) is 56.4 Å². The number of piperidine rings is 1. The van der Waals surface area contributed by atoms with Gasteiger partial charge in [0.05, 0.1) is 10.8 Å². The van der Waals surface area contributed by atoms with Crippen molar-refractivity contribution in [1.29, 1.82) is 5.26 Å². The molecule has 136 valence electrons. The van der Waals surface area contributed by atoms with Crippen LogP contribution in [-0.4, -0.2) is 37.7 Å². The summed E-state index contributed by atoms with van der Waals surface area (Å²) in [5.41, 5.74) is 0.862. The molecule has 0 bridgehead atoms. The van der Waals surface area contributed by atoms with Gasteiger partial charge < -0.3 is 0 Å². The molecule has 1 unspecified atom stereocenters. The molecule has 5 nitrogen and oxygen atoms in total. The van der Waals surface area contributed by atoms with Gasteiger partial charge in [-0.1, -0.05) is 18.9 Å². The number of nitrogens with zero attached hydrogens (tertiary/aromatic N) is 2. The average Bonchev–Trinajstić information content (AvgIpc) is 3.09. The molecule has 1 aromatic rings. The Morgan fingerprint density at radius 3 is 2.72 bits per heavy atom. The predicted molar refractivity (Wildman–Crippen MR) is 93.7 cm³/mol. The number of halogens is 1. The van der Waals surface area contributed by atoms with Gasteiger partial charge >= 0.3 is 0 Å². The van der Waals surface area contributed by atoms with Crippen LogP contribution in [-0.2, 0) is 16.6 Å². The first kappa shape index (κ1) is 18.3. The lowest BCUT2D eigenvalue weighted by Crippen LogP contribution is -2.48. The van der Waals surface area contributed by atoms with Gasteiger partial charge in [-0.2, -0.15) is 5.26 Å². The number of hydrogen-bond donors (Lipinski definition) is 1. The summed E-state index contributed by atoms with van der Waals surface area (Å²) < 4.78 is 41.6. The maximum absolute atomic E-state index is 13.4. The molecule has 7 heteroatoms. The lowest BCUT2D eigenvalue weighted by Gasteiger charge is -2.33. The molecule has 1 atom stereocenters. The predicted octanol–water partition coefficient (Wildman–Crippen LogP) is 2.52. The Labute approximate surface area is 148 Å². The summed E-state index contributed by atoms with van der Waals surface area (Å²) in [5, 5.41) is 8.54. The highest BCUT2D eigenvalue weighted by Gasteiger charge is 2.33. The zero-order chi connectivity index (χ0) is 17.9. The van der Waals surface area contributed by atoms with Crippen LogP contribution in [0.25, 0.3) is 0 Å². The topological polar surface area (TPSA) is 73.2 Å². The zero-order valence-corrected chi connectivity index (χ0v) is 15.1. The number of rotatable bonds is 5. The summed E-state index contributed by atoms with van der Waals surface area (Å²) in [4.78, 5) is 2.08. The molecule has 1 aromatic carbocycles. The van der Waals surface area contributed by atoms with E-state index >= 15 is 0 Å². The number of nitriles is 1. The van der Waals surface area contributed by atoms with E-state index in [4.69, 9.17) is 5.26 Å². The molecule has 0 spiro atoms. The highest BCUT2D eigenvalue weighted by atomic mass is 32.2. The minimum absolute atomic E-state index is 0.0292. The number of nitrogens with one attached hydrogen (secondary N) is 1. The Hall–Kier alpha value is -1.49. The summed E-state index contributed by atoms with van der Waals surface area (Å²) in [6.45, 7) is 1.82. The molecule has 1 aliphatic carbocycles. The van der Waals surface area contributed by atoms with Gasteiger partial charge in [0.15, 0.2) is 0 Å². The van der Waals surface area contributed by atoms with E-state index in [0.717, 1.165) is 44.2 Å². The van der Waals surface area contributed by atoms with Crippen molar-refractivity contribution in [3.63, 3.8) is 0 Å². The Bertz CT molecular complexity index is 754. The van der Waals surface area contributed by atoms with Crippen LogP contribution in [0.5, 0.6) is 0 Å². The summed E-state index contributed by atoms with van der Waals surface area (Å²) in [6, 6.07) is 6.44. The summed E-state index contributed by atoms with van der Waals surface area (Å²) in [7, 11) is -3.32. The zero-order valence-electron chi connectivity index (χ0n) is 14.2. The van der Waals surface area contributed by atoms with Crippen LogP contribution in [0.1, 0.15) is 49.7 Å². The largest absolute Gasteiger partial charge is 0.298 e. The van der Waals surface area contributed by atoms with Gasteiger partial charge in [0.1, 0.15) is 11.9 Å². The molecule has 0 amide bonds. The third-order valence-corrected chi connectivity index (χ3v) is 7.07. The first-order chi connectivity index (χ1) is 12.0. The number of likely N-dealkylation sites (tertiary alicyclic amines) is 1. The van der Waals surface area contributed by atoms with E-state index in [0.29, 0.717) is 19.5 Å². The van der Waals surface area contributed by atoms with Gasteiger partial charge in [-0.05, 0) is 49.9 Å². The van der Waals surface area contributed by atoms with E-state index in [2.05, 4.69) is 9.62 Å². The smallest absolute Gasteiger partial charge is 0.215 e. The summed E-state index contributed by atoms with van der Waals surface area (Å²) in [6.07, 6.45) is 5.55. The second-order valence-electron chi connectivity index (χ2n) is 7.07. The lowest BCUT2D eigenvalue weighted by atomic mass is 10.1. The van der Waals surface area contributed by atoms with Gasteiger partial charge in [-0.25, -0.2) is 17.5 Å². The first-order valence-corrected chi connectivity index (χ1v) is 10.4. The lowest BCUT2D eigenvalue weighted by molar-refractivity contribution is 0.221.